The van der Waals surface area contributed by atoms with Crippen molar-refractivity contribution in [2.45, 2.75) is 26.4 Å². The Morgan fingerprint density at radius 1 is 1.26 bits per heavy atom. The summed E-state index contributed by atoms with van der Waals surface area (Å²) in [7, 11) is 0. The van der Waals surface area contributed by atoms with Crippen LogP contribution in [0.2, 0.25) is 10.0 Å². The van der Waals surface area contributed by atoms with Crippen LogP contribution in [0.15, 0.2) is 24.5 Å². The molecule has 0 aliphatic rings. The standard InChI is InChI=1S/C13H16Cl2N4/c1-2-6-16-7-13-17-9-19(18-13)8-10-11(14)4-3-5-12(10)15/h3-5,9,16H,2,6-8H2,1H3. The fraction of sp³-hybridized carbons (Fsp3) is 0.385. The van der Waals surface area contributed by atoms with Crippen LogP contribution < -0.4 is 5.32 Å². The molecule has 2 aromatic rings. The third-order valence-electron chi connectivity index (χ3n) is 2.68. The van der Waals surface area contributed by atoms with Gasteiger partial charge in [0.2, 0.25) is 0 Å². The number of nitrogens with zero attached hydrogens (tertiary/aromatic N) is 3. The second kappa shape index (κ2) is 6.89. The minimum absolute atomic E-state index is 0.527. The Balaban J connectivity index is 2.03. The molecule has 0 saturated heterocycles. The van der Waals surface area contributed by atoms with Crippen molar-refractivity contribution in [3.05, 3.63) is 46.0 Å². The van der Waals surface area contributed by atoms with Crippen LogP contribution in [0, 0.1) is 0 Å². The topological polar surface area (TPSA) is 42.7 Å². The maximum absolute atomic E-state index is 6.13. The first-order valence-electron chi connectivity index (χ1n) is 6.22. The van der Waals surface area contributed by atoms with Gasteiger partial charge in [0, 0.05) is 15.6 Å². The number of halogens is 2. The van der Waals surface area contributed by atoms with Crippen molar-refractivity contribution in [2.75, 3.05) is 6.54 Å². The smallest absolute Gasteiger partial charge is 0.164 e. The highest BCUT2D eigenvalue weighted by Crippen LogP contribution is 2.24. The molecule has 0 atom stereocenters. The van der Waals surface area contributed by atoms with Crippen molar-refractivity contribution < 1.29 is 0 Å². The van der Waals surface area contributed by atoms with Gasteiger partial charge < -0.3 is 5.32 Å². The van der Waals surface area contributed by atoms with Crippen LogP contribution >= 0.6 is 23.2 Å². The van der Waals surface area contributed by atoms with Crippen LogP contribution in [-0.2, 0) is 13.1 Å². The molecule has 1 N–H and O–H groups in total. The molecule has 0 spiro atoms. The van der Waals surface area contributed by atoms with Crippen LogP contribution in [-0.4, -0.2) is 21.3 Å². The zero-order valence-corrected chi connectivity index (χ0v) is 12.2. The fourth-order valence-electron chi connectivity index (χ4n) is 1.71. The monoisotopic (exact) mass is 298 g/mol. The summed E-state index contributed by atoms with van der Waals surface area (Å²) in [4.78, 5) is 4.25. The molecule has 0 bridgehead atoms. The van der Waals surface area contributed by atoms with E-state index in [0.717, 1.165) is 24.4 Å². The lowest BCUT2D eigenvalue weighted by atomic mass is 10.2. The molecule has 1 aromatic heterocycles. The lowest BCUT2D eigenvalue weighted by Crippen LogP contribution is -2.15. The summed E-state index contributed by atoms with van der Waals surface area (Å²) >= 11 is 12.3. The molecular weight excluding hydrogens is 283 g/mol. The van der Waals surface area contributed by atoms with Crippen molar-refractivity contribution in [1.82, 2.24) is 20.1 Å². The van der Waals surface area contributed by atoms with Crippen LogP contribution in [0.3, 0.4) is 0 Å². The van der Waals surface area contributed by atoms with Gasteiger partial charge in [0.05, 0.1) is 13.1 Å². The summed E-state index contributed by atoms with van der Waals surface area (Å²) in [5.41, 5.74) is 0.865. The van der Waals surface area contributed by atoms with E-state index in [1.165, 1.54) is 0 Å². The van der Waals surface area contributed by atoms with Crippen LogP contribution in [0.5, 0.6) is 0 Å². The molecule has 0 amide bonds. The van der Waals surface area contributed by atoms with E-state index >= 15 is 0 Å². The minimum Gasteiger partial charge on any atom is -0.310 e. The molecule has 0 aliphatic heterocycles. The maximum atomic E-state index is 6.13. The summed E-state index contributed by atoms with van der Waals surface area (Å²) < 4.78 is 1.75. The second-order valence-electron chi connectivity index (χ2n) is 4.24. The van der Waals surface area contributed by atoms with Gasteiger partial charge in [-0.25, -0.2) is 9.67 Å². The van der Waals surface area contributed by atoms with E-state index in [2.05, 4.69) is 22.3 Å². The predicted molar refractivity (Wildman–Crippen MR) is 77.6 cm³/mol. The lowest BCUT2D eigenvalue weighted by Gasteiger charge is -2.06. The molecule has 19 heavy (non-hydrogen) atoms. The highest BCUT2D eigenvalue weighted by molar-refractivity contribution is 6.35. The lowest BCUT2D eigenvalue weighted by molar-refractivity contribution is 0.625. The summed E-state index contributed by atoms with van der Waals surface area (Å²) in [6.45, 7) is 4.29. The number of rotatable bonds is 6. The van der Waals surface area contributed by atoms with E-state index in [1.54, 1.807) is 11.0 Å². The van der Waals surface area contributed by atoms with Crippen molar-refractivity contribution >= 4 is 23.2 Å². The Hall–Kier alpha value is -1.10. The Bertz CT molecular complexity index is 519. The fourth-order valence-corrected chi connectivity index (χ4v) is 2.23. The zero-order valence-electron chi connectivity index (χ0n) is 10.7. The molecule has 102 valence electrons. The van der Waals surface area contributed by atoms with E-state index < -0.39 is 0 Å². The summed E-state index contributed by atoms with van der Waals surface area (Å²) in [5, 5.41) is 8.94. The average Bonchev–Trinajstić information content (AvgIpc) is 2.82. The van der Waals surface area contributed by atoms with Gasteiger partial charge in [-0.2, -0.15) is 5.10 Å². The Kier molecular flexibility index (Phi) is 5.19. The van der Waals surface area contributed by atoms with Crippen molar-refractivity contribution in [1.29, 1.82) is 0 Å². The minimum atomic E-state index is 0.527. The Morgan fingerprint density at radius 2 is 2.00 bits per heavy atom. The van der Waals surface area contributed by atoms with Gasteiger partial charge in [0.15, 0.2) is 5.82 Å². The summed E-state index contributed by atoms with van der Waals surface area (Å²) in [6, 6.07) is 5.47. The number of benzene rings is 1. The van der Waals surface area contributed by atoms with Gasteiger partial charge in [-0.05, 0) is 25.1 Å². The van der Waals surface area contributed by atoms with Crippen molar-refractivity contribution in [3.8, 4) is 0 Å². The highest BCUT2D eigenvalue weighted by Gasteiger charge is 2.07. The SMILES string of the molecule is CCCNCc1ncn(Cc2c(Cl)cccc2Cl)n1. The van der Waals surface area contributed by atoms with Crippen molar-refractivity contribution in [2.24, 2.45) is 0 Å². The molecular formula is C13H16Cl2N4. The summed E-state index contributed by atoms with van der Waals surface area (Å²) in [6.07, 6.45) is 2.79. The normalized spacial score (nSPS) is 10.9. The van der Waals surface area contributed by atoms with Crippen LogP contribution in [0.4, 0.5) is 0 Å². The van der Waals surface area contributed by atoms with Crippen molar-refractivity contribution in [3.63, 3.8) is 0 Å². The third-order valence-corrected chi connectivity index (χ3v) is 3.38. The molecule has 1 aromatic carbocycles. The third kappa shape index (κ3) is 3.93. The summed E-state index contributed by atoms with van der Waals surface area (Å²) in [5.74, 6) is 0.775. The second-order valence-corrected chi connectivity index (χ2v) is 5.05. The first-order chi connectivity index (χ1) is 9.20. The average molecular weight is 299 g/mol. The highest BCUT2D eigenvalue weighted by atomic mass is 35.5. The molecule has 0 saturated carbocycles. The van der Waals surface area contributed by atoms with Crippen LogP contribution in [0.25, 0.3) is 0 Å². The van der Waals surface area contributed by atoms with Gasteiger partial charge in [0.1, 0.15) is 6.33 Å². The largest absolute Gasteiger partial charge is 0.310 e. The molecule has 0 unspecified atom stereocenters. The number of nitrogens with one attached hydrogen (secondary N) is 1. The molecule has 1 heterocycles. The number of aromatic nitrogens is 3. The molecule has 2 rings (SSSR count). The Labute approximate surface area is 122 Å². The molecule has 4 nitrogen and oxygen atoms in total. The van der Waals surface area contributed by atoms with E-state index in [-0.39, 0.29) is 0 Å². The van der Waals surface area contributed by atoms with Gasteiger partial charge in [0.25, 0.3) is 0 Å². The van der Waals surface area contributed by atoms with E-state index in [9.17, 15) is 0 Å². The first-order valence-corrected chi connectivity index (χ1v) is 6.98. The predicted octanol–water partition coefficient (Wildman–Crippen LogP) is 3.13. The molecule has 0 fully saturated rings. The van der Waals surface area contributed by atoms with Gasteiger partial charge in [-0.3, -0.25) is 0 Å². The maximum Gasteiger partial charge on any atom is 0.164 e. The van der Waals surface area contributed by atoms with Gasteiger partial charge >= 0.3 is 0 Å². The van der Waals surface area contributed by atoms with Crippen LogP contribution in [0.1, 0.15) is 24.7 Å². The Morgan fingerprint density at radius 3 is 2.68 bits per heavy atom. The zero-order chi connectivity index (χ0) is 13.7. The molecule has 0 radical (unpaired) electrons. The van der Waals surface area contributed by atoms with E-state index in [1.807, 2.05) is 18.2 Å². The molecule has 6 heteroatoms. The molecule has 0 aliphatic carbocycles. The number of hydrogen-bond acceptors (Lipinski definition) is 3. The quantitative estimate of drug-likeness (QED) is 0.833. The number of hydrogen-bond donors (Lipinski definition) is 1. The van der Waals surface area contributed by atoms with E-state index in [4.69, 9.17) is 23.2 Å². The van der Waals surface area contributed by atoms with Gasteiger partial charge in [-0.15, -0.1) is 0 Å². The first kappa shape index (κ1) is 14.3. The van der Waals surface area contributed by atoms with E-state index in [0.29, 0.717) is 23.1 Å². The van der Waals surface area contributed by atoms with Gasteiger partial charge in [-0.1, -0.05) is 36.2 Å².